The summed E-state index contributed by atoms with van der Waals surface area (Å²) in [5, 5.41) is 0. The Balaban J connectivity index is 0. The van der Waals surface area contributed by atoms with Gasteiger partial charge in [0.25, 0.3) is 0 Å². The summed E-state index contributed by atoms with van der Waals surface area (Å²) in [6.45, 7) is 4.00. The molecule has 0 heterocycles. The van der Waals surface area contributed by atoms with E-state index in [-0.39, 0.29) is 6.39 Å². The quantitative estimate of drug-likeness (QED) is 0.370. The third-order valence-electron chi connectivity index (χ3n) is 0.667. The van der Waals surface area contributed by atoms with Crippen molar-refractivity contribution < 1.29 is 0 Å². The largest absolute Gasteiger partial charge is 0.0683 e. The Morgan fingerprint density at radius 2 is 1.44 bits per heavy atom. The highest BCUT2D eigenvalue weighted by Crippen LogP contribution is 1.68. The molecule has 0 spiro atoms. The Labute approximate surface area is 65.2 Å². The van der Waals surface area contributed by atoms with Gasteiger partial charge in [-0.1, -0.05) is 13.8 Å². The summed E-state index contributed by atoms with van der Waals surface area (Å²) in [6, 6.07) is 0. The third kappa shape index (κ3) is 8.45. The molecule has 0 aliphatic heterocycles. The molecular formula is C2H6B7. The van der Waals surface area contributed by atoms with Gasteiger partial charge in [-0.15, -0.1) is 0 Å². The average molecular weight is 106 g/mol. The first kappa shape index (κ1) is 12.2. The molecule has 35 valence electrons. The molecule has 0 unspecified atom stereocenters. The van der Waals surface area contributed by atoms with Crippen LogP contribution in [0.5, 0.6) is 0 Å². The average Bonchev–Trinajstić information content (AvgIpc) is 1.91. The predicted molar refractivity (Wildman–Crippen MR) is 51.6 cm³/mol. The van der Waals surface area contributed by atoms with Crippen molar-refractivity contribution in [3.63, 3.8) is 0 Å². The molecule has 0 amide bonds. The van der Waals surface area contributed by atoms with Gasteiger partial charge in [0.1, 0.15) is 0 Å². The summed E-state index contributed by atoms with van der Waals surface area (Å²) in [6.07, 6.45) is -0.926. The Morgan fingerprint density at radius 1 is 1.11 bits per heavy atom. The summed E-state index contributed by atoms with van der Waals surface area (Å²) < 4.78 is 0. The van der Waals surface area contributed by atoms with Gasteiger partial charge in [0.15, 0.2) is 0 Å². The summed E-state index contributed by atoms with van der Waals surface area (Å²) >= 11 is 0. The molecule has 0 rings (SSSR count). The molecule has 0 saturated carbocycles. The van der Waals surface area contributed by atoms with Crippen LogP contribution in [0.4, 0.5) is 0 Å². The van der Waals surface area contributed by atoms with Gasteiger partial charge < -0.3 is 0 Å². The molecule has 0 aromatic rings. The van der Waals surface area contributed by atoms with Crippen molar-refractivity contribution in [1.29, 1.82) is 0 Å². The lowest BCUT2D eigenvalue weighted by Gasteiger charge is -2.05. The van der Waals surface area contributed by atoms with E-state index in [2.05, 4.69) is 0 Å². The second-order valence-electron chi connectivity index (χ2n) is 1.35. The topological polar surface area (TPSA) is 0 Å². The van der Waals surface area contributed by atoms with Crippen molar-refractivity contribution in [2.45, 2.75) is 13.8 Å². The highest BCUT2D eigenvalue weighted by atomic mass is 13.0. The maximum Gasteiger partial charge on any atom is 0 e. The Kier molecular flexibility index (Phi) is 11.4. The molecule has 0 nitrogen and oxygen atoms in total. The van der Waals surface area contributed by atoms with E-state index in [0.29, 0.717) is 0 Å². The zero-order chi connectivity index (χ0) is 7.86. The molecule has 0 saturated heterocycles. The van der Waals surface area contributed by atoms with Crippen molar-refractivity contribution in [1.82, 2.24) is 0 Å². The molecular weight excluding hydrogens is 99.7 g/mol. The van der Waals surface area contributed by atoms with E-state index < -0.39 is 6.39 Å². The van der Waals surface area contributed by atoms with Gasteiger partial charge in [-0.05, 0) is 0 Å². The summed E-state index contributed by atoms with van der Waals surface area (Å²) in [7, 11) is 21.6. The van der Waals surface area contributed by atoms with E-state index in [1.807, 2.05) is 13.8 Å². The number of hydrogen-bond donors (Lipinski definition) is 0. The standard InChI is InChI=1S/C2H6.B7/c1-2;1-5-7(4)6(2)3/h1-2H3;. The monoisotopic (exact) mass is 107 g/mol. The van der Waals surface area contributed by atoms with E-state index in [4.69, 9.17) is 30.9 Å². The summed E-state index contributed by atoms with van der Waals surface area (Å²) in [4.78, 5) is 0. The lowest BCUT2D eigenvalue weighted by Crippen LogP contribution is -2.43. The van der Waals surface area contributed by atoms with Crippen molar-refractivity contribution in [2.24, 2.45) is 0 Å². The van der Waals surface area contributed by atoms with Gasteiger partial charge in [-0.2, -0.15) is 0 Å². The number of hydrogen-bond acceptors (Lipinski definition) is 0. The van der Waals surface area contributed by atoms with Gasteiger partial charge in [0.05, 0.1) is 0 Å². The minimum atomic E-state index is -0.537. The first-order valence-electron chi connectivity index (χ1n) is 3.00. The van der Waals surface area contributed by atoms with Crippen LogP contribution in [0.25, 0.3) is 0 Å². The minimum Gasteiger partial charge on any atom is -0.0683 e. The van der Waals surface area contributed by atoms with Crippen molar-refractivity contribution in [3.8, 4) is 0 Å². The SMILES string of the molecule is CC.[B][B]B([B])B([B])[B]. The molecule has 9 radical (unpaired) electrons. The fourth-order valence-corrected chi connectivity index (χ4v) is 0.128. The molecule has 0 bridgehead atoms. The molecule has 0 aromatic carbocycles. The summed E-state index contributed by atoms with van der Waals surface area (Å²) in [5.74, 6) is 0. The van der Waals surface area contributed by atoms with Crippen LogP contribution in [0.3, 0.4) is 0 Å². The maximum atomic E-state index is 5.19. The number of rotatable bonds is 2. The van der Waals surface area contributed by atoms with Gasteiger partial charge in [0.2, 0.25) is 0 Å². The molecule has 0 aliphatic rings. The molecule has 0 atom stereocenters. The van der Waals surface area contributed by atoms with Crippen molar-refractivity contribution >= 4 is 50.8 Å². The van der Waals surface area contributed by atoms with E-state index in [0.717, 1.165) is 0 Å². The first-order chi connectivity index (χ1) is 4.18. The van der Waals surface area contributed by atoms with Gasteiger partial charge >= 0.3 is 0 Å². The van der Waals surface area contributed by atoms with Crippen molar-refractivity contribution in [3.05, 3.63) is 0 Å². The molecule has 0 fully saturated rings. The van der Waals surface area contributed by atoms with Crippen LogP contribution in [-0.4, -0.2) is 50.8 Å². The first-order valence-corrected chi connectivity index (χ1v) is 3.00. The maximum absolute atomic E-state index is 5.19. The predicted octanol–water partition coefficient (Wildman–Crippen LogP) is -1.64. The van der Waals surface area contributed by atoms with Crippen LogP contribution in [0.15, 0.2) is 0 Å². The fraction of sp³-hybridized carbons (Fsp3) is 1.00. The normalized spacial score (nSPS) is 6.44. The second-order valence-corrected chi connectivity index (χ2v) is 1.35. The highest BCUT2D eigenvalue weighted by molar-refractivity contribution is 7.81. The lowest BCUT2D eigenvalue weighted by atomic mass is 8.76. The minimum absolute atomic E-state index is 0.389. The van der Waals surface area contributed by atoms with E-state index in [9.17, 15) is 0 Å². The van der Waals surface area contributed by atoms with Crippen molar-refractivity contribution in [2.75, 3.05) is 0 Å². The Morgan fingerprint density at radius 3 is 1.44 bits per heavy atom. The smallest absolute Gasteiger partial charge is 0 e. The van der Waals surface area contributed by atoms with Crippen LogP contribution >= 0.6 is 0 Å². The Bertz CT molecular complexity index is 44.2. The van der Waals surface area contributed by atoms with E-state index in [1.54, 1.807) is 0 Å². The highest BCUT2D eigenvalue weighted by Gasteiger charge is 2.06. The summed E-state index contributed by atoms with van der Waals surface area (Å²) in [5.41, 5.74) is 0. The van der Waals surface area contributed by atoms with E-state index >= 15 is 0 Å². The van der Waals surface area contributed by atoms with Crippen LogP contribution in [0, 0.1) is 0 Å². The lowest BCUT2D eigenvalue weighted by molar-refractivity contribution is 1.50. The zero-order valence-electron chi connectivity index (χ0n) is 6.04. The van der Waals surface area contributed by atoms with Crippen LogP contribution in [-0.2, 0) is 0 Å². The van der Waals surface area contributed by atoms with Gasteiger partial charge in [-0.25, -0.2) is 0 Å². The van der Waals surface area contributed by atoms with Crippen LogP contribution in [0.1, 0.15) is 13.8 Å². The Hall–Kier alpha value is 0.455. The zero-order valence-corrected chi connectivity index (χ0v) is 6.04. The molecule has 0 N–H and O–H groups in total. The van der Waals surface area contributed by atoms with Crippen LogP contribution in [0.2, 0.25) is 0 Å². The van der Waals surface area contributed by atoms with Gasteiger partial charge in [0, 0.05) is 50.8 Å². The fourth-order valence-electron chi connectivity index (χ4n) is 0.128. The molecule has 9 heavy (non-hydrogen) atoms. The van der Waals surface area contributed by atoms with Gasteiger partial charge in [-0.3, -0.25) is 0 Å². The van der Waals surface area contributed by atoms with E-state index in [1.165, 1.54) is 7.06 Å². The third-order valence-corrected chi connectivity index (χ3v) is 0.667. The molecule has 0 aromatic heterocycles. The molecule has 7 heteroatoms. The van der Waals surface area contributed by atoms with Crippen LogP contribution < -0.4 is 0 Å². The molecule has 0 aliphatic carbocycles. The second kappa shape index (κ2) is 8.45.